The molecular formula is C11H16N2O. The zero-order chi connectivity index (χ0) is 10.1. The molecule has 1 aliphatic rings. The van der Waals surface area contributed by atoms with E-state index < -0.39 is 0 Å². The molecule has 1 heterocycles. The van der Waals surface area contributed by atoms with Gasteiger partial charge in [0, 0.05) is 17.7 Å². The maximum atomic E-state index is 10.6. The Labute approximate surface area is 84.1 Å². The Balaban J connectivity index is 2.34. The summed E-state index contributed by atoms with van der Waals surface area (Å²) in [5.74, 6) is 0.638. The van der Waals surface area contributed by atoms with Crippen molar-refractivity contribution in [2.24, 2.45) is 0 Å². The van der Waals surface area contributed by atoms with E-state index in [1.807, 2.05) is 10.7 Å². The minimum atomic E-state index is 0.347. The van der Waals surface area contributed by atoms with Gasteiger partial charge in [0.25, 0.3) is 0 Å². The lowest BCUT2D eigenvalue weighted by Crippen LogP contribution is -2.16. The first-order chi connectivity index (χ1) is 6.72. The van der Waals surface area contributed by atoms with Gasteiger partial charge in [-0.1, -0.05) is 6.42 Å². The standard InChI is InChI=1S/C11H16N2O/c1-8(2)13-11(9-4-3-5-9)6-10(7-14)12-13/h6-9H,3-5H2,1-2H3. The first-order valence-corrected chi connectivity index (χ1v) is 5.27. The molecule has 1 saturated carbocycles. The molecule has 0 spiro atoms. The van der Waals surface area contributed by atoms with Gasteiger partial charge in [0.1, 0.15) is 5.69 Å². The van der Waals surface area contributed by atoms with Gasteiger partial charge in [-0.05, 0) is 32.8 Å². The van der Waals surface area contributed by atoms with Crippen molar-refractivity contribution >= 4 is 6.29 Å². The van der Waals surface area contributed by atoms with Crippen molar-refractivity contribution in [1.29, 1.82) is 0 Å². The Bertz CT molecular complexity index is 337. The molecule has 1 fully saturated rings. The molecule has 0 bridgehead atoms. The van der Waals surface area contributed by atoms with Crippen molar-refractivity contribution in [3.8, 4) is 0 Å². The van der Waals surface area contributed by atoms with Crippen molar-refractivity contribution in [2.75, 3.05) is 0 Å². The molecule has 2 rings (SSSR count). The van der Waals surface area contributed by atoms with Crippen LogP contribution in [0, 0.1) is 0 Å². The number of carbonyl (C=O) groups is 1. The number of hydrogen-bond acceptors (Lipinski definition) is 2. The van der Waals surface area contributed by atoms with E-state index >= 15 is 0 Å². The fourth-order valence-electron chi connectivity index (χ4n) is 1.91. The molecule has 1 aromatic heterocycles. The van der Waals surface area contributed by atoms with Gasteiger partial charge in [0.2, 0.25) is 0 Å². The van der Waals surface area contributed by atoms with Crippen LogP contribution < -0.4 is 0 Å². The average Bonchev–Trinajstić information content (AvgIpc) is 2.45. The normalized spacial score (nSPS) is 17.1. The molecule has 0 N–H and O–H groups in total. The summed E-state index contributed by atoms with van der Waals surface area (Å²) in [5.41, 5.74) is 1.81. The monoisotopic (exact) mass is 192 g/mol. The summed E-state index contributed by atoms with van der Waals surface area (Å²) in [6, 6.07) is 2.29. The molecule has 0 atom stereocenters. The van der Waals surface area contributed by atoms with Crippen LogP contribution in [0.4, 0.5) is 0 Å². The maximum Gasteiger partial charge on any atom is 0.170 e. The number of carbonyl (C=O) groups excluding carboxylic acids is 1. The van der Waals surface area contributed by atoms with E-state index in [9.17, 15) is 4.79 Å². The lowest BCUT2D eigenvalue weighted by molar-refractivity contribution is 0.111. The number of aromatic nitrogens is 2. The van der Waals surface area contributed by atoms with Gasteiger partial charge in [-0.2, -0.15) is 5.10 Å². The fraction of sp³-hybridized carbons (Fsp3) is 0.636. The predicted molar refractivity (Wildman–Crippen MR) is 54.6 cm³/mol. The van der Waals surface area contributed by atoms with E-state index in [2.05, 4.69) is 18.9 Å². The highest BCUT2D eigenvalue weighted by molar-refractivity contribution is 5.71. The van der Waals surface area contributed by atoms with Crippen LogP contribution in [-0.2, 0) is 0 Å². The minimum absolute atomic E-state index is 0.347. The summed E-state index contributed by atoms with van der Waals surface area (Å²) in [7, 11) is 0. The zero-order valence-corrected chi connectivity index (χ0v) is 8.73. The van der Waals surface area contributed by atoms with Gasteiger partial charge in [0.05, 0.1) is 0 Å². The molecule has 1 aliphatic carbocycles. The van der Waals surface area contributed by atoms with Crippen LogP contribution in [0.25, 0.3) is 0 Å². The summed E-state index contributed by atoms with van der Waals surface area (Å²) in [4.78, 5) is 10.6. The third-order valence-corrected chi connectivity index (χ3v) is 2.92. The summed E-state index contributed by atoms with van der Waals surface area (Å²) in [5, 5.41) is 4.28. The quantitative estimate of drug-likeness (QED) is 0.690. The van der Waals surface area contributed by atoms with Crippen molar-refractivity contribution < 1.29 is 4.79 Å². The molecule has 0 amide bonds. The highest BCUT2D eigenvalue weighted by Crippen LogP contribution is 2.37. The highest BCUT2D eigenvalue weighted by Gasteiger charge is 2.24. The van der Waals surface area contributed by atoms with Gasteiger partial charge < -0.3 is 0 Å². The van der Waals surface area contributed by atoms with Crippen molar-refractivity contribution in [1.82, 2.24) is 9.78 Å². The molecule has 3 nitrogen and oxygen atoms in total. The molecule has 0 unspecified atom stereocenters. The van der Waals surface area contributed by atoms with Crippen molar-refractivity contribution in [3.05, 3.63) is 17.5 Å². The third kappa shape index (κ3) is 1.47. The Morgan fingerprint density at radius 1 is 1.57 bits per heavy atom. The third-order valence-electron chi connectivity index (χ3n) is 2.92. The zero-order valence-electron chi connectivity index (χ0n) is 8.73. The molecule has 3 heteroatoms. The van der Waals surface area contributed by atoms with E-state index in [-0.39, 0.29) is 0 Å². The number of hydrogen-bond donors (Lipinski definition) is 0. The predicted octanol–water partition coefficient (Wildman–Crippen LogP) is 2.54. The number of rotatable bonds is 3. The minimum Gasteiger partial charge on any atom is -0.296 e. The second kappa shape index (κ2) is 3.56. The molecule has 76 valence electrons. The molecule has 14 heavy (non-hydrogen) atoms. The van der Waals surface area contributed by atoms with Crippen LogP contribution in [0.2, 0.25) is 0 Å². The van der Waals surface area contributed by atoms with E-state index in [1.165, 1.54) is 25.0 Å². The van der Waals surface area contributed by atoms with Crippen LogP contribution >= 0.6 is 0 Å². The summed E-state index contributed by atoms with van der Waals surface area (Å²) < 4.78 is 1.99. The maximum absolute atomic E-state index is 10.6. The highest BCUT2D eigenvalue weighted by atomic mass is 16.1. The summed E-state index contributed by atoms with van der Waals surface area (Å²) in [6.45, 7) is 4.20. The lowest BCUT2D eigenvalue weighted by Gasteiger charge is -2.27. The Kier molecular flexibility index (Phi) is 2.40. The topological polar surface area (TPSA) is 34.9 Å². The van der Waals surface area contributed by atoms with Gasteiger partial charge in [0.15, 0.2) is 6.29 Å². The first-order valence-electron chi connectivity index (χ1n) is 5.27. The van der Waals surface area contributed by atoms with Gasteiger partial charge >= 0.3 is 0 Å². The Morgan fingerprint density at radius 2 is 2.29 bits per heavy atom. The van der Waals surface area contributed by atoms with Gasteiger partial charge in [-0.15, -0.1) is 0 Å². The smallest absolute Gasteiger partial charge is 0.170 e. The van der Waals surface area contributed by atoms with Crippen LogP contribution in [-0.4, -0.2) is 16.1 Å². The first kappa shape index (κ1) is 9.44. The molecule has 1 aromatic rings. The molecule has 0 aliphatic heterocycles. The van der Waals surface area contributed by atoms with E-state index in [0.29, 0.717) is 17.7 Å². The summed E-state index contributed by atoms with van der Waals surface area (Å²) >= 11 is 0. The Morgan fingerprint density at radius 3 is 2.71 bits per heavy atom. The molecular weight excluding hydrogens is 176 g/mol. The lowest BCUT2D eigenvalue weighted by atomic mass is 9.82. The number of aldehydes is 1. The van der Waals surface area contributed by atoms with Crippen LogP contribution in [0.5, 0.6) is 0 Å². The second-order valence-electron chi connectivity index (χ2n) is 4.28. The van der Waals surface area contributed by atoms with Crippen molar-refractivity contribution in [2.45, 2.75) is 45.1 Å². The van der Waals surface area contributed by atoms with Crippen LogP contribution in [0.15, 0.2) is 6.07 Å². The average molecular weight is 192 g/mol. The largest absolute Gasteiger partial charge is 0.296 e. The van der Waals surface area contributed by atoms with E-state index in [0.717, 1.165) is 6.29 Å². The fourth-order valence-corrected chi connectivity index (χ4v) is 1.91. The molecule has 0 saturated heterocycles. The Hall–Kier alpha value is -1.12. The summed E-state index contributed by atoms with van der Waals surface area (Å²) in [6.07, 6.45) is 4.64. The van der Waals surface area contributed by atoms with Crippen molar-refractivity contribution in [3.63, 3.8) is 0 Å². The van der Waals surface area contributed by atoms with Gasteiger partial charge in [-0.25, -0.2) is 0 Å². The molecule has 0 aromatic carbocycles. The van der Waals surface area contributed by atoms with E-state index in [1.54, 1.807) is 0 Å². The van der Waals surface area contributed by atoms with Crippen LogP contribution in [0.3, 0.4) is 0 Å². The van der Waals surface area contributed by atoms with Crippen LogP contribution in [0.1, 0.15) is 61.3 Å². The second-order valence-corrected chi connectivity index (χ2v) is 4.28. The SMILES string of the molecule is CC(C)n1nc(C=O)cc1C1CCC1. The number of nitrogens with zero attached hydrogens (tertiary/aromatic N) is 2. The van der Waals surface area contributed by atoms with E-state index in [4.69, 9.17) is 0 Å². The van der Waals surface area contributed by atoms with Gasteiger partial charge in [-0.3, -0.25) is 9.48 Å². The molecule has 0 radical (unpaired) electrons.